The maximum Gasteiger partial charge on any atom is 0.304 e. The first kappa shape index (κ1) is 58.7. The lowest BCUT2D eigenvalue weighted by Gasteiger charge is -2.52. The molecule has 2 aliphatic rings. The molecule has 0 aromatic heterocycles. The van der Waals surface area contributed by atoms with Gasteiger partial charge in [-0.1, -0.05) is 136 Å². The first-order chi connectivity index (χ1) is 33.7. The molecule has 0 bridgehead atoms. The van der Waals surface area contributed by atoms with E-state index in [1.54, 1.807) is 87.7 Å². The topological polar surface area (TPSA) is 184 Å². The van der Waals surface area contributed by atoms with Gasteiger partial charge in [-0.2, -0.15) is 0 Å². The van der Waals surface area contributed by atoms with Gasteiger partial charge in [0.15, 0.2) is 19.7 Å². The van der Waals surface area contributed by atoms with Crippen LogP contribution in [0.25, 0.3) is 0 Å². The number of aliphatic carboxylic acids is 2. The van der Waals surface area contributed by atoms with E-state index in [0.717, 1.165) is 22.3 Å². The van der Waals surface area contributed by atoms with Gasteiger partial charge in [0, 0.05) is 55.5 Å². The van der Waals surface area contributed by atoms with E-state index in [1.807, 2.05) is 74.5 Å². The van der Waals surface area contributed by atoms with Crippen LogP contribution in [0.15, 0.2) is 97.1 Å². The Kier molecular flexibility index (Phi) is 19.6. The molecular formula is C54H66Cl4N2O10S2. The number of carboxylic acid groups (broad SMARTS) is 2. The second-order valence-electron chi connectivity index (χ2n) is 19.7. The van der Waals surface area contributed by atoms with Crippen LogP contribution in [-0.4, -0.2) is 94.7 Å². The number of carboxylic acids is 2. The molecule has 2 saturated heterocycles. The Morgan fingerprint density at radius 3 is 1.14 bits per heavy atom. The molecule has 0 saturated carbocycles. The van der Waals surface area contributed by atoms with Gasteiger partial charge in [-0.3, -0.25) is 19.2 Å². The summed E-state index contributed by atoms with van der Waals surface area (Å²) in [4.78, 5) is 55.5. The number of nitrogens with zero attached hydrogens (tertiary/aromatic N) is 2. The lowest BCUT2D eigenvalue weighted by atomic mass is 9.67. The molecule has 0 unspecified atom stereocenters. The van der Waals surface area contributed by atoms with E-state index in [-0.39, 0.29) is 60.8 Å². The van der Waals surface area contributed by atoms with Crippen LogP contribution < -0.4 is 0 Å². The van der Waals surface area contributed by atoms with E-state index in [1.165, 1.54) is 0 Å². The van der Waals surface area contributed by atoms with Gasteiger partial charge < -0.3 is 20.0 Å². The fourth-order valence-corrected chi connectivity index (χ4v) is 14.3. The van der Waals surface area contributed by atoms with Gasteiger partial charge in [0.25, 0.3) is 0 Å². The van der Waals surface area contributed by atoms with Crippen LogP contribution in [0.4, 0.5) is 0 Å². The largest absolute Gasteiger partial charge is 0.481 e. The summed E-state index contributed by atoms with van der Waals surface area (Å²) >= 11 is 25.0. The maximum absolute atomic E-state index is 14.2. The number of carbonyl (C=O) groups excluding carboxylic acids is 2. The normalized spacial score (nSPS) is 24.4. The first-order valence-corrected chi connectivity index (χ1v) is 29.2. The molecule has 10 atom stereocenters. The Labute approximate surface area is 445 Å². The molecule has 2 heterocycles. The molecule has 2 amide bonds. The highest BCUT2D eigenvalue weighted by Crippen LogP contribution is 2.54. The molecule has 0 aliphatic carbocycles. The fourth-order valence-electron chi connectivity index (χ4n) is 11.0. The van der Waals surface area contributed by atoms with Crippen LogP contribution in [0.3, 0.4) is 0 Å². The Morgan fingerprint density at radius 1 is 0.556 bits per heavy atom. The van der Waals surface area contributed by atoms with Crippen LogP contribution in [0.1, 0.15) is 140 Å². The standard InChI is InChI=1S/2C27H33Cl2NO5S/c2*1-5-23(17(3)36(34,35)6-2)30-25(18-10-12-20(28)13-11-18)22(19-8-7-9-21(29)14-19)15-27(4,26(30)33)16-24(31)32/h2*7-14,17,22-23,25H,5-6,15-16H2,1-4H3,(H,31,32)/t17-,22+,23-,25+,27+;17-,22-,23+,25-,27-/m01/s1. The summed E-state index contributed by atoms with van der Waals surface area (Å²) in [5, 5.41) is 19.9. The second kappa shape index (κ2) is 24.0. The third-order valence-corrected chi connectivity index (χ3v) is 20.3. The van der Waals surface area contributed by atoms with Crippen LogP contribution in [0, 0.1) is 10.8 Å². The number of benzene rings is 4. The van der Waals surface area contributed by atoms with Crippen LogP contribution in [-0.2, 0) is 38.9 Å². The highest BCUT2D eigenvalue weighted by atomic mass is 35.5. The molecule has 4 aromatic carbocycles. The molecule has 6 rings (SSSR count). The van der Waals surface area contributed by atoms with Gasteiger partial charge in [-0.05, 0) is 110 Å². The predicted octanol–water partition coefficient (Wildman–Crippen LogP) is 12.3. The van der Waals surface area contributed by atoms with E-state index in [0.29, 0.717) is 32.9 Å². The van der Waals surface area contributed by atoms with Crippen LogP contribution in [0.5, 0.6) is 0 Å². The summed E-state index contributed by atoms with van der Waals surface area (Å²) in [6.45, 7) is 13.5. The number of hydrogen-bond donors (Lipinski definition) is 2. The van der Waals surface area contributed by atoms with Crippen molar-refractivity contribution in [3.63, 3.8) is 0 Å². The lowest BCUT2D eigenvalue weighted by molar-refractivity contribution is -0.160. The summed E-state index contributed by atoms with van der Waals surface area (Å²) in [6, 6.07) is 26.6. The van der Waals surface area contributed by atoms with Crippen molar-refractivity contribution in [2.24, 2.45) is 10.8 Å². The highest BCUT2D eigenvalue weighted by Gasteiger charge is 2.55. The summed E-state index contributed by atoms with van der Waals surface area (Å²) in [7, 11) is -6.99. The SMILES string of the molecule is CC[C@@H]([C@@H](C)S(=O)(=O)CC)N1C(=O)[C@@](C)(CC(=O)O)C[C@H](c2cccc(Cl)c2)[C@H]1c1ccc(Cl)cc1.CC[C@@H]([C@H](C)S(=O)(=O)CC)N1C(=O)[C@@](C)(CC(=O)O)C[C@H](c2cccc(Cl)c2)[C@H]1c1ccc(Cl)cc1. The number of hydrogen-bond acceptors (Lipinski definition) is 8. The summed E-state index contributed by atoms with van der Waals surface area (Å²) in [5.74, 6) is -3.62. The van der Waals surface area contributed by atoms with Crippen molar-refractivity contribution in [1.29, 1.82) is 0 Å². The van der Waals surface area contributed by atoms with Gasteiger partial charge >= 0.3 is 11.9 Å². The van der Waals surface area contributed by atoms with Crippen molar-refractivity contribution >= 4 is 89.8 Å². The lowest BCUT2D eigenvalue weighted by Crippen LogP contribution is -2.59. The van der Waals surface area contributed by atoms with Gasteiger partial charge in [0.2, 0.25) is 11.8 Å². The zero-order valence-electron chi connectivity index (χ0n) is 41.9. The smallest absolute Gasteiger partial charge is 0.304 e. The van der Waals surface area contributed by atoms with Crippen molar-refractivity contribution in [2.75, 3.05) is 11.5 Å². The quantitative estimate of drug-likeness (QED) is 0.0972. The van der Waals surface area contributed by atoms with E-state index < -0.39 is 77.1 Å². The van der Waals surface area contributed by atoms with Gasteiger partial charge in [-0.25, -0.2) is 16.8 Å². The fraction of sp³-hybridized carbons (Fsp3) is 0.481. The Balaban J connectivity index is 0.000000267. The van der Waals surface area contributed by atoms with Crippen molar-refractivity contribution in [1.82, 2.24) is 9.80 Å². The van der Waals surface area contributed by atoms with Gasteiger partial charge in [0.05, 0.1) is 46.3 Å². The number of likely N-dealkylation sites (tertiary alicyclic amines) is 2. The molecule has 12 nitrogen and oxygen atoms in total. The number of halogens is 4. The molecule has 18 heteroatoms. The maximum atomic E-state index is 14.2. The minimum absolute atomic E-state index is 0.0532. The molecule has 0 spiro atoms. The minimum Gasteiger partial charge on any atom is -0.481 e. The predicted molar refractivity (Wildman–Crippen MR) is 286 cm³/mol. The van der Waals surface area contributed by atoms with Crippen molar-refractivity contribution < 1.29 is 46.2 Å². The molecule has 2 fully saturated rings. The minimum atomic E-state index is -3.50. The number of rotatable bonds is 18. The van der Waals surface area contributed by atoms with E-state index in [4.69, 9.17) is 46.4 Å². The van der Waals surface area contributed by atoms with Crippen molar-refractivity contribution in [3.8, 4) is 0 Å². The van der Waals surface area contributed by atoms with E-state index in [9.17, 15) is 46.2 Å². The Morgan fingerprint density at radius 2 is 0.875 bits per heavy atom. The number of piperidine rings is 2. The van der Waals surface area contributed by atoms with Crippen molar-refractivity contribution in [2.45, 2.75) is 140 Å². The summed E-state index contributed by atoms with van der Waals surface area (Å²) in [5.41, 5.74) is 0.856. The highest BCUT2D eigenvalue weighted by molar-refractivity contribution is 7.92. The zero-order valence-corrected chi connectivity index (χ0v) is 46.6. The first-order valence-electron chi connectivity index (χ1n) is 24.2. The molecule has 0 radical (unpaired) electrons. The Bertz CT molecular complexity index is 2620. The molecule has 392 valence electrons. The average Bonchev–Trinajstić information content (AvgIpc) is 3.32. The van der Waals surface area contributed by atoms with Crippen LogP contribution in [0.2, 0.25) is 20.1 Å². The number of carbonyl (C=O) groups is 4. The summed E-state index contributed by atoms with van der Waals surface area (Å²) in [6.07, 6.45) is 0.598. The molecule has 4 aromatic rings. The zero-order chi connectivity index (χ0) is 53.7. The number of sulfone groups is 2. The van der Waals surface area contributed by atoms with Crippen molar-refractivity contribution in [3.05, 3.63) is 139 Å². The molecule has 72 heavy (non-hydrogen) atoms. The molecular weight excluding hydrogens is 1040 g/mol. The third-order valence-electron chi connectivity index (χ3n) is 14.8. The molecule has 2 aliphatic heterocycles. The van der Waals surface area contributed by atoms with Crippen LogP contribution >= 0.6 is 46.4 Å². The van der Waals surface area contributed by atoms with E-state index >= 15 is 0 Å². The average molecular weight is 1110 g/mol. The second-order valence-corrected chi connectivity index (χ2v) is 26.7. The number of amides is 2. The monoisotopic (exact) mass is 1110 g/mol. The van der Waals surface area contributed by atoms with Gasteiger partial charge in [0.1, 0.15) is 0 Å². The Hall–Kier alpha value is -4.18. The summed E-state index contributed by atoms with van der Waals surface area (Å²) < 4.78 is 52.0. The molecule has 2 N–H and O–H groups in total. The van der Waals surface area contributed by atoms with Gasteiger partial charge in [-0.15, -0.1) is 0 Å². The third kappa shape index (κ3) is 13.0. The van der Waals surface area contributed by atoms with E-state index in [2.05, 4.69) is 0 Å².